The van der Waals surface area contributed by atoms with E-state index in [2.05, 4.69) is 5.32 Å². The molecule has 1 rings (SSSR count). The van der Waals surface area contributed by atoms with Crippen LogP contribution in [0.15, 0.2) is 18.2 Å². The van der Waals surface area contributed by atoms with Crippen LogP contribution in [0.3, 0.4) is 0 Å². The average Bonchev–Trinajstić information content (AvgIpc) is 2.42. The first-order chi connectivity index (χ1) is 9.54. The van der Waals surface area contributed by atoms with Crippen LogP contribution in [0.4, 0.5) is 0 Å². The molecule has 0 bridgehead atoms. The summed E-state index contributed by atoms with van der Waals surface area (Å²) in [4.78, 5) is 22.5. The largest absolute Gasteiger partial charge is 0.483 e. The third-order valence-electron chi connectivity index (χ3n) is 2.38. The van der Waals surface area contributed by atoms with Crippen LogP contribution in [0, 0.1) is 0 Å². The molecule has 110 valence electrons. The number of carbonyl (C=O) groups excluding carboxylic acids is 1. The zero-order chi connectivity index (χ0) is 15.0. The van der Waals surface area contributed by atoms with Crippen molar-refractivity contribution in [3.05, 3.63) is 28.8 Å². The minimum atomic E-state index is -1.16. The standard InChI is InChI=1S/C13H16ClNO5/c1-19-6-2-5-15-12(16)8-20-11-4-3-9(14)7-10(11)13(17)18/h3-4,7H,2,5-6,8H2,1H3,(H,15,16)(H,17,18). The number of benzene rings is 1. The molecule has 1 amide bonds. The zero-order valence-electron chi connectivity index (χ0n) is 11.0. The summed E-state index contributed by atoms with van der Waals surface area (Å²) in [6.45, 7) is 0.777. The molecule has 20 heavy (non-hydrogen) atoms. The Morgan fingerprint density at radius 2 is 2.15 bits per heavy atom. The summed E-state index contributed by atoms with van der Waals surface area (Å²) in [6.07, 6.45) is 0.698. The number of carboxylic acid groups (broad SMARTS) is 1. The Hall–Kier alpha value is -1.79. The molecule has 1 aromatic rings. The number of rotatable bonds is 8. The Morgan fingerprint density at radius 3 is 2.80 bits per heavy atom. The van der Waals surface area contributed by atoms with E-state index in [1.54, 1.807) is 7.11 Å². The maximum absolute atomic E-state index is 11.5. The predicted molar refractivity (Wildman–Crippen MR) is 73.4 cm³/mol. The minimum absolute atomic E-state index is 0.0790. The van der Waals surface area contributed by atoms with Gasteiger partial charge >= 0.3 is 5.97 Å². The topological polar surface area (TPSA) is 84.9 Å². The SMILES string of the molecule is COCCCNC(=O)COc1ccc(Cl)cc1C(=O)O. The lowest BCUT2D eigenvalue weighted by atomic mass is 10.2. The number of ether oxygens (including phenoxy) is 2. The third kappa shape index (κ3) is 5.46. The summed E-state index contributed by atoms with van der Waals surface area (Å²) in [5.74, 6) is -1.38. The van der Waals surface area contributed by atoms with E-state index in [4.69, 9.17) is 26.2 Å². The first-order valence-electron chi connectivity index (χ1n) is 5.96. The molecule has 1 aromatic carbocycles. The zero-order valence-corrected chi connectivity index (χ0v) is 11.8. The highest BCUT2D eigenvalue weighted by molar-refractivity contribution is 6.31. The Kier molecular flexibility index (Phi) is 6.83. The van der Waals surface area contributed by atoms with Gasteiger partial charge in [0.1, 0.15) is 11.3 Å². The van der Waals surface area contributed by atoms with Crippen molar-refractivity contribution in [2.24, 2.45) is 0 Å². The van der Waals surface area contributed by atoms with Crippen molar-refractivity contribution >= 4 is 23.5 Å². The second-order valence-corrected chi connectivity index (χ2v) is 4.37. The van der Waals surface area contributed by atoms with Gasteiger partial charge in [-0.3, -0.25) is 4.79 Å². The Bertz CT molecular complexity index is 478. The van der Waals surface area contributed by atoms with E-state index in [0.29, 0.717) is 24.6 Å². The predicted octanol–water partition coefficient (Wildman–Crippen LogP) is 1.57. The van der Waals surface area contributed by atoms with Gasteiger partial charge in [-0.2, -0.15) is 0 Å². The van der Waals surface area contributed by atoms with Crippen molar-refractivity contribution in [3.8, 4) is 5.75 Å². The maximum Gasteiger partial charge on any atom is 0.339 e. The fourth-order valence-electron chi connectivity index (χ4n) is 1.43. The molecule has 6 nitrogen and oxygen atoms in total. The number of methoxy groups -OCH3 is 1. The molecule has 0 heterocycles. The molecular formula is C13H16ClNO5. The Balaban J connectivity index is 2.49. The Morgan fingerprint density at radius 1 is 1.40 bits per heavy atom. The lowest BCUT2D eigenvalue weighted by molar-refractivity contribution is -0.123. The van der Waals surface area contributed by atoms with E-state index in [9.17, 15) is 9.59 Å². The number of hydrogen-bond donors (Lipinski definition) is 2. The lowest BCUT2D eigenvalue weighted by Crippen LogP contribution is -2.30. The van der Waals surface area contributed by atoms with Gasteiger partial charge in [0, 0.05) is 25.3 Å². The highest BCUT2D eigenvalue weighted by Crippen LogP contribution is 2.22. The van der Waals surface area contributed by atoms with Crippen LogP contribution in [0.1, 0.15) is 16.8 Å². The molecule has 0 aliphatic carbocycles. The first-order valence-corrected chi connectivity index (χ1v) is 6.33. The number of nitrogens with one attached hydrogen (secondary N) is 1. The van der Waals surface area contributed by atoms with Gasteiger partial charge in [-0.25, -0.2) is 4.79 Å². The monoisotopic (exact) mass is 301 g/mol. The fraction of sp³-hybridized carbons (Fsp3) is 0.385. The molecule has 0 unspecified atom stereocenters. The molecule has 0 aliphatic heterocycles. The van der Waals surface area contributed by atoms with Crippen LogP contribution in [0.25, 0.3) is 0 Å². The number of hydrogen-bond acceptors (Lipinski definition) is 4. The smallest absolute Gasteiger partial charge is 0.339 e. The van der Waals surface area contributed by atoms with Crippen molar-refractivity contribution in [1.29, 1.82) is 0 Å². The first kappa shape index (κ1) is 16.3. The van der Waals surface area contributed by atoms with Crippen LogP contribution < -0.4 is 10.1 Å². The van der Waals surface area contributed by atoms with Crippen LogP contribution in [-0.2, 0) is 9.53 Å². The van der Waals surface area contributed by atoms with Crippen LogP contribution >= 0.6 is 11.6 Å². The molecular weight excluding hydrogens is 286 g/mol. The summed E-state index contributed by atoms with van der Waals surface area (Å²) in [5.41, 5.74) is -0.0790. The van der Waals surface area contributed by atoms with Crippen molar-refractivity contribution in [2.75, 3.05) is 26.9 Å². The number of carbonyl (C=O) groups is 2. The molecule has 0 radical (unpaired) electrons. The van der Waals surface area contributed by atoms with E-state index < -0.39 is 5.97 Å². The minimum Gasteiger partial charge on any atom is -0.483 e. The molecule has 0 fully saturated rings. The number of halogens is 1. The van der Waals surface area contributed by atoms with E-state index >= 15 is 0 Å². The molecule has 0 aliphatic rings. The quantitative estimate of drug-likeness (QED) is 0.712. The highest BCUT2D eigenvalue weighted by Gasteiger charge is 2.13. The second kappa shape index (κ2) is 8.39. The summed E-state index contributed by atoms with van der Waals surface area (Å²) in [5, 5.41) is 11.9. The molecule has 2 N–H and O–H groups in total. The van der Waals surface area contributed by atoms with Gasteiger partial charge in [0.15, 0.2) is 6.61 Å². The number of carboxylic acids is 1. The van der Waals surface area contributed by atoms with Crippen LogP contribution in [0.5, 0.6) is 5.75 Å². The van der Waals surface area contributed by atoms with Gasteiger partial charge in [0.2, 0.25) is 0 Å². The van der Waals surface area contributed by atoms with E-state index in [1.807, 2.05) is 0 Å². The summed E-state index contributed by atoms with van der Waals surface area (Å²) in [6, 6.07) is 4.19. The van der Waals surface area contributed by atoms with Crippen molar-refractivity contribution in [3.63, 3.8) is 0 Å². The summed E-state index contributed by atoms with van der Waals surface area (Å²) < 4.78 is 10.0. The van der Waals surface area contributed by atoms with Gasteiger partial charge in [0.05, 0.1) is 0 Å². The molecule has 7 heteroatoms. The van der Waals surface area contributed by atoms with Crippen LogP contribution in [0.2, 0.25) is 5.02 Å². The van der Waals surface area contributed by atoms with Crippen molar-refractivity contribution in [2.45, 2.75) is 6.42 Å². The van der Waals surface area contributed by atoms with E-state index in [-0.39, 0.29) is 23.8 Å². The van der Waals surface area contributed by atoms with Gasteiger partial charge in [-0.1, -0.05) is 11.6 Å². The van der Waals surface area contributed by atoms with Crippen LogP contribution in [-0.4, -0.2) is 43.9 Å². The number of aromatic carboxylic acids is 1. The highest BCUT2D eigenvalue weighted by atomic mass is 35.5. The van der Waals surface area contributed by atoms with Gasteiger partial charge in [0.25, 0.3) is 5.91 Å². The van der Waals surface area contributed by atoms with E-state index in [1.165, 1.54) is 18.2 Å². The van der Waals surface area contributed by atoms with E-state index in [0.717, 1.165) is 0 Å². The van der Waals surface area contributed by atoms with Crippen molar-refractivity contribution < 1.29 is 24.2 Å². The maximum atomic E-state index is 11.5. The summed E-state index contributed by atoms with van der Waals surface area (Å²) >= 11 is 5.71. The summed E-state index contributed by atoms with van der Waals surface area (Å²) in [7, 11) is 1.58. The lowest BCUT2D eigenvalue weighted by Gasteiger charge is -2.09. The second-order valence-electron chi connectivity index (χ2n) is 3.93. The molecule has 0 aromatic heterocycles. The van der Waals surface area contributed by atoms with Gasteiger partial charge in [-0.15, -0.1) is 0 Å². The number of amides is 1. The normalized spacial score (nSPS) is 10.1. The fourth-order valence-corrected chi connectivity index (χ4v) is 1.61. The van der Waals surface area contributed by atoms with Crippen molar-refractivity contribution in [1.82, 2.24) is 5.32 Å². The molecule has 0 saturated carbocycles. The molecule has 0 saturated heterocycles. The Labute approximate surface area is 121 Å². The molecule has 0 atom stereocenters. The average molecular weight is 302 g/mol. The molecule has 0 spiro atoms. The van der Waals surface area contributed by atoms with Gasteiger partial charge in [-0.05, 0) is 24.6 Å². The van der Waals surface area contributed by atoms with Gasteiger partial charge < -0.3 is 19.9 Å². The third-order valence-corrected chi connectivity index (χ3v) is 2.61.